The van der Waals surface area contributed by atoms with Crippen LogP contribution in [0.2, 0.25) is 0 Å². The summed E-state index contributed by atoms with van der Waals surface area (Å²) in [6.45, 7) is 6.69. The number of amides is 1. The standard InChI is InChI=1S/C21H28N6O2S2/c1-11(2)18-24-25-21(31-18)23-16(28)10-27-15(9-26(4)5)22-19-17(20(27)29)13-7-6-12(3)8-14(13)30-19/h11-12H,6-10H2,1-5H3,(H,23,25,28). The van der Waals surface area contributed by atoms with Gasteiger partial charge in [-0.2, -0.15) is 0 Å². The van der Waals surface area contributed by atoms with E-state index in [1.807, 2.05) is 32.8 Å². The van der Waals surface area contributed by atoms with Gasteiger partial charge in [0.05, 0.1) is 11.9 Å². The summed E-state index contributed by atoms with van der Waals surface area (Å²) in [4.78, 5) is 35.2. The molecule has 1 N–H and O–H groups in total. The van der Waals surface area contributed by atoms with E-state index < -0.39 is 0 Å². The Hall–Kier alpha value is -2.17. The van der Waals surface area contributed by atoms with Crippen LogP contribution in [0, 0.1) is 5.92 Å². The molecule has 0 saturated heterocycles. The van der Waals surface area contributed by atoms with Gasteiger partial charge in [0.1, 0.15) is 22.2 Å². The minimum Gasteiger partial charge on any atom is -0.302 e. The van der Waals surface area contributed by atoms with Gasteiger partial charge in [0.15, 0.2) is 0 Å². The largest absolute Gasteiger partial charge is 0.302 e. The molecule has 3 heterocycles. The van der Waals surface area contributed by atoms with Gasteiger partial charge in [-0.1, -0.05) is 32.1 Å². The summed E-state index contributed by atoms with van der Waals surface area (Å²) in [7, 11) is 3.85. The molecule has 31 heavy (non-hydrogen) atoms. The van der Waals surface area contributed by atoms with Crippen molar-refractivity contribution in [2.45, 2.75) is 59.0 Å². The van der Waals surface area contributed by atoms with E-state index in [4.69, 9.17) is 4.98 Å². The molecule has 1 aliphatic carbocycles. The van der Waals surface area contributed by atoms with Crippen LogP contribution in [0.5, 0.6) is 0 Å². The Bertz CT molecular complexity index is 1180. The molecule has 3 aromatic heterocycles. The number of anilines is 1. The fraction of sp³-hybridized carbons (Fsp3) is 0.571. The first-order chi connectivity index (χ1) is 14.7. The lowest BCUT2D eigenvalue weighted by atomic mass is 9.89. The van der Waals surface area contributed by atoms with Gasteiger partial charge in [0.25, 0.3) is 5.56 Å². The smallest absolute Gasteiger partial charge is 0.263 e. The Kier molecular flexibility index (Phi) is 6.23. The van der Waals surface area contributed by atoms with Crippen LogP contribution < -0.4 is 10.9 Å². The molecule has 3 aromatic rings. The second-order valence-corrected chi connectivity index (χ2v) is 10.9. The van der Waals surface area contributed by atoms with E-state index in [0.29, 0.717) is 28.8 Å². The van der Waals surface area contributed by atoms with Crippen molar-refractivity contribution >= 4 is 43.9 Å². The number of aromatic nitrogens is 4. The Morgan fingerprint density at radius 1 is 1.29 bits per heavy atom. The van der Waals surface area contributed by atoms with Crippen LogP contribution in [0.1, 0.15) is 54.4 Å². The molecule has 166 valence electrons. The first kappa shape index (κ1) is 22.0. The van der Waals surface area contributed by atoms with Crippen molar-refractivity contribution in [1.82, 2.24) is 24.6 Å². The van der Waals surface area contributed by atoms with Crippen LogP contribution in [-0.2, 0) is 30.7 Å². The topological polar surface area (TPSA) is 93.0 Å². The molecule has 1 amide bonds. The lowest BCUT2D eigenvalue weighted by Crippen LogP contribution is -2.33. The number of fused-ring (bicyclic) bond motifs is 3. The average molecular weight is 461 g/mol. The molecular weight excluding hydrogens is 432 g/mol. The van der Waals surface area contributed by atoms with E-state index >= 15 is 0 Å². The lowest BCUT2D eigenvalue weighted by molar-refractivity contribution is -0.116. The number of nitrogens with zero attached hydrogens (tertiary/aromatic N) is 5. The van der Waals surface area contributed by atoms with Crippen LogP contribution in [0.4, 0.5) is 5.13 Å². The second kappa shape index (κ2) is 8.76. The second-order valence-electron chi connectivity index (χ2n) is 8.84. The van der Waals surface area contributed by atoms with Crippen molar-refractivity contribution in [3.8, 4) is 0 Å². The van der Waals surface area contributed by atoms with E-state index in [2.05, 4.69) is 22.4 Å². The van der Waals surface area contributed by atoms with E-state index in [1.54, 1.807) is 11.3 Å². The van der Waals surface area contributed by atoms with Crippen LogP contribution >= 0.6 is 22.7 Å². The molecule has 0 aliphatic heterocycles. The van der Waals surface area contributed by atoms with Gasteiger partial charge in [-0.25, -0.2) is 4.98 Å². The van der Waals surface area contributed by atoms with Crippen molar-refractivity contribution in [3.63, 3.8) is 0 Å². The van der Waals surface area contributed by atoms with Gasteiger partial charge < -0.3 is 4.90 Å². The highest BCUT2D eigenvalue weighted by atomic mass is 32.1. The number of thiophene rings is 1. The summed E-state index contributed by atoms with van der Waals surface area (Å²) >= 11 is 2.99. The predicted molar refractivity (Wildman–Crippen MR) is 125 cm³/mol. The minimum absolute atomic E-state index is 0.0947. The summed E-state index contributed by atoms with van der Waals surface area (Å²) in [5, 5.41) is 13.0. The Morgan fingerprint density at radius 3 is 2.74 bits per heavy atom. The summed E-state index contributed by atoms with van der Waals surface area (Å²) in [6, 6.07) is 0. The molecule has 10 heteroatoms. The molecule has 1 unspecified atom stereocenters. The van der Waals surface area contributed by atoms with Gasteiger partial charge in [-0.05, 0) is 44.8 Å². The molecule has 4 rings (SSSR count). The van der Waals surface area contributed by atoms with E-state index in [1.165, 1.54) is 20.8 Å². The first-order valence-corrected chi connectivity index (χ1v) is 12.2. The fourth-order valence-corrected chi connectivity index (χ4v) is 6.01. The number of aryl methyl sites for hydroxylation is 1. The maximum atomic E-state index is 13.5. The number of nitrogens with one attached hydrogen (secondary N) is 1. The van der Waals surface area contributed by atoms with E-state index in [-0.39, 0.29) is 23.9 Å². The molecular formula is C21H28N6O2S2. The zero-order chi connectivity index (χ0) is 22.3. The normalized spacial score (nSPS) is 16.3. The van der Waals surface area contributed by atoms with Gasteiger partial charge >= 0.3 is 0 Å². The lowest BCUT2D eigenvalue weighted by Gasteiger charge is -2.18. The Balaban J connectivity index is 1.69. The van der Waals surface area contributed by atoms with Crippen molar-refractivity contribution in [3.05, 3.63) is 31.6 Å². The van der Waals surface area contributed by atoms with Gasteiger partial charge in [0, 0.05) is 10.8 Å². The van der Waals surface area contributed by atoms with Gasteiger partial charge in [-0.15, -0.1) is 21.5 Å². The predicted octanol–water partition coefficient (Wildman–Crippen LogP) is 3.26. The molecule has 0 bridgehead atoms. The summed E-state index contributed by atoms with van der Waals surface area (Å²) in [5.74, 6) is 1.17. The maximum absolute atomic E-state index is 13.5. The average Bonchev–Trinajstić information content (AvgIpc) is 3.28. The molecule has 0 fully saturated rings. The molecule has 1 atom stereocenters. The maximum Gasteiger partial charge on any atom is 0.263 e. The van der Waals surface area contributed by atoms with Gasteiger partial charge in [0.2, 0.25) is 11.0 Å². The third kappa shape index (κ3) is 4.56. The number of hydrogen-bond donors (Lipinski definition) is 1. The van der Waals surface area contributed by atoms with Crippen molar-refractivity contribution in [1.29, 1.82) is 0 Å². The molecule has 0 aromatic carbocycles. The van der Waals surface area contributed by atoms with Crippen molar-refractivity contribution < 1.29 is 4.79 Å². The molecule has 1 aliphatic rings. The highest BCUT2D eigenvalue weighted by Crippen LogP contribution is 2.36. The fourth-order valence-electron chi connectivity index (χ4n) is 3.85. The van der Waals surface area contributed by atoms with Crippen LogP contribution in [-0.4, -0.2) is 44.7 Å². The summed E-state index contributed by atoms with van der Waals surface area (Å²) in [6.07, 6.45) is 2.97. The van der Waals surface area contributed by atoms with Crippen molar-refractivity contribution in [2.24, 2.45) is 5.92 Å². The van der Waals surface area contributed by atoms with Crippen LogP contribution in [0.3, 0.4) is 0 Å². The first-order valence-electron chi connectivity index (χ1n) is 10.5. The van der Waals surface area contributed by atoms with E-state index in [9.17, 15) is 9.59 Å². The van der Waals surface area contributed by atoms with Crippen LogP contribution in [0.25, 0.3) is 10.2 Å². The minimum atomic E-state index is -0.299. The molecule has 0 saturated carbocycles. The Labute approximate surface area is 189 Å². The quantitative estimate of drug-likeness (QED) is 0.607. The number of carbonyl (C=O) groups is 1. The number of carbonyl (C=O) groups excluding carboxylic acids is 1. The Morgan fingerprint density at radius 2 is 2.06 bits per heavy atom. The number of hydrogen-bond acceptors (Lipinski definition) is 8. The molecule has 0 radical (unpaired) electrons. The zero-order valence-electron chi connectivity index (χ0n) is 18.6. The molecule has 8 nitrogen and oxygen atoms in total. The van der Waals surface area contributed by atoms with Crippen LogP contribution in [0.15, 0.2) is 4.79 Å². The third-order valence-corrected chi connectivity index (χ3v) is 7.72. The van der Waals surface area contributed by atoms with Gasteiger partial charge in [-0.3, -0.25) is 19.5 Å². The SMILES string of the molecule is CC1CCc2c(sc3nc(CN(C)C)n(CC(=O)Nc4nnc(C(C)C)s4)c(=O)c23)C1. The third-order valence-electron chi connectivity index (χ3n) is 5.43. The summed E-state index contributed by atoms with van der Waals surface area (Å²) < 4.78 is 1.52. The summed E-state index contributed by atoms with van der Waals surface area (Å²) in [5.41, 5.74) is 1.01. The van der Waals surface area contributed by atoms with Crippen molar-refractivity contribution in [2.75, 3.05) is 19.4 Å². The monoisotopic (exact) mass is 460 g/mol. The zero-order valence-corrected chi connectivity index (χ0v) is 20.2. The van der Waals surface area contributed by atoms with E-state index in [0.717, 1.165) is 34.7 Å². The highest BCUT2D eigenvalue weighted by molar-refractivity contribution is 7.18. The number of rotatable bonds is 6. The highest BCUT2D eigenvalue weighted by Gasteiger charge is 2.25. The molecule has 0 spiro atoms.